The van der Waals surface area contributed by atoms with Gasteiger partial charge in [0, 0.05) is 30.5 Å². The predicted octanol–water partition coefficient (Wildman–Crippen LogP) is 1.91. The van der Waals surface area contributed by atoms with E-state index in [4.69, 9.17) is 4.55 Å². The van der Waals surface area contributed by atoms with Crippen LogP contribution >= 0.6 is 0 Å². The fraction of sp³-hybridized carbons (Fsp3) is 0.267. The average molecular weight is 338 g/mol. The molecular formula is C15H15FN2O4S. The Hall–Kier alpha value is -2.03. The molecule has 1 aliphatic rings. The first-order valence-electron chi connectivity index (χ1n) is 6.99. The fourth-order valence-corrected chi connectivity index (χ4v) is 3.24. The molecule has 2 aromatic rings. The van der Waals surface area contributed by atoms with E-state index in [1.807, 2.05) is 4.90 Å². The second-order valence-corrected chi connectivity index (χ2v) is 6.83. The molecule has 0 bridgehead atoms. The molecule has 2 N–H and O–H groups in total. The van der Waals surface area contributed by atoms with Gasteiger partial charge in [0.15, 0.2) is 0 Å². The van der Waals surface area contributed by atoms with Gasteiger partial charge in [-0.05, 0) is 42.3 Å². The molecule has 2 heterocycles. The Morgan fingerprint density at radius 1 is 1.30 bits per heavy atom. The highest BCUT2D eigenvalue weighted by Gasteiger charge is 2.25. The van der Waals surface area contributed by atoms with E-state index in [1.54, 1.807) is 12.1 Å². The van der Waals surface area contributed by atoms with Crippen LogP contribution in [0.15, 0.2) is 41.4 Å². The van der Waals surface area contributed by atoms with Crippen LogP contribution in [0.1, 0.15) is 23.7 Å². The van der Waals surface area contributed by atoms with Crippen molar-refractivity contribution in [1.29, 1.82) is 0 Å². The first kappa shape index (κ1) is 15.9. The minimum atomic E-state index is -4.33. The van der Waals surface area contributed by atoms with Crippen LogP contribution in [0.3, 0.4) is 0 Å². The van der Waals surface area contributed by atoms with Gasteiger partial charge < -0.3 is 10.0 Å². The molecule has 1 aromatic carbocycles. The molecule has 3 rings (SSSR count). The second kappa shape index (κ2) is 5.88. The number of anilines is 1. The summed E-state index contributed by atoms with van der Waals surface area (Å²) < 4.78 is 44.8. The van der Waals surface area contributed by atoms with Crippen LogP contribution in [0.5, 0.6) is 0 Å². The van der Waals surface area contributed by atoms with Crippen LogP contribution in [0, 0.1) is 5.95 Å². The molecule has 0 saturated carbocycles. The Labute approximate surface area is 133 Å². The van der Waals surface area contributed by atoms with E-state index in [0.717, 1.165) is 5.56 Å². The number of pyridine rings is 1. The minimum Gasteiger partial charge on any atom is -0.388 e. The number of hydrogen-bond acceptors (Lipinski definition) is 5. The summed E-state index contributed by atoms with van der Waals surface area (Å²) in [5, 5.41) is 10.1. The Morgan fingerprint density at radius 2 is 2.09 bits per heavy atom. The van der Waals surface area contributed by atoms with Crippen molar-refractivity contribution in [2.24, 2.45) is 0 Å². The predicted molar refractivity (Wildman–Crippen MR) is 81.1 cm³/mol. The number of aromatic nitrogens is 1. The van der Waals surface area contributed by atoms with E-state index in [1.165, 1.54) is 24.4 Å². The molecule has 122 valence electrons. The van der Waals surface area contributed by atoms with Gasteiger partial charge >= 0.3 is 0 Å². The van der Waals surface area contributed by atoms with Crippen molar-refractivity contribution in [3.8, 4) is 0 Å². The monoisotopic (exact) mass is 338 g/mol. The number of halogens is 1. The lowest BCUT2D eigenvalue weighted by Crippen LogP contribution is -2.31. The fourth-order valence-electron chi connectivity index (χ4n) is 2.73. The van der Waals surface area contributed by atoms with Crippen molar-refractivity contribution < 1.29 is 22.5 Å². The second-order valence-electron chi connectivity index (χ2n) is 5.41. The van der Waals surface area contributed by atoms with Gasteiger partial charge in [-0.25, -0.2) is 4.98 Å². The van der Waals surface area contributed by atoms with Crippen LogP contribution in [-0.4, -0.2) is 29.6 Å². The number of hydrogen-bond donors (Lipinski definition) is 2. The van der Waals surface area contributed by atoms with Crippen molar-refractivity contribution in [3.63, 3.8) is 0 Å². The van der Waals surface area contributed by atoms with E-state index in [9.17, 15) is 17.9 Å². The highest BCUT2D eigenvalue weighted by molar-refractivity contribution is 7.85. The molecule has 8 heteroatoms. The quantitative estimate of drug-likeness (QED) is 0.656. The highest BCUT2D eigenvalue weighted by atomic mass is 32.2. The van der Waals surface area contributed by atoms with Gasteiger partial charge in [0.05, 0.1) is 11.0 Å². The lowest BCUT2D eigenvalue weighted by molar-refractivity contribution is 0.163. The Bertz CT molecular complexity index is 841. The third-order valence-electron chi connectivity index (χ3n) is 3.83. The number of benzene rings is 1. The van der Waals surface area contributed by atoms with Crippen molar-refractivity contribution in [2.75, 3.05) is 11.4 Å². The summed E-state index contributed by atoms with van der Waals surface area (Å²) in [6.45, 7) is 0.952. The SMILES string of the molecule is O=S(=O)(O)c1ccc2c(c1)C(O)CCN2Cc1ccnc(F)c1. The Balaban J connectivity index is 1.96. The molecule has 1 unspecified atom stereocenters. The van der Waals surface area contributed by atoms with Crippen LogP contribution in [0.2, 0.25) is 0 Å². The molecule has 1 aliphatic heterocycles. The van der Waals surface area contributed by atoms with Gasteiger partial charge in [-0.15, -0.1) is 0 Å². The summed E-state index contributed by atoms with van der Waals surface area (Å²) in [5.41, 5.74) is 1.81. The smallest absolute Gasteiger partial charge is 0.294 e. The Kier molecular flexibility index (Phi) is 4.05. The van der Waals surface area contributed by atoms with Gasteiger partial charge in [-0.1, -0.05) is 0 Å². The largest absolute Gasteiger partial charge is 0.388 e. The standard InChI is InChI=1S/C15H15FN2O4S/c16-15-7-10(3-5-17-15)9-18-6-4-14(19)12-8-11(23(20,21)22)1-2-13(12)18/h1-3,5,7-8,14,19H,4,6,9H2,(H,20,21,22). The lowest BCUT2D eigenvalue weighted by atomic mass is 9.98. The van der Waals surface area contributed by atoms with Crippen LogP contribution < -0.4 is 4.90 Å². The van der Waals surface area contributed by atoms with E-state index in [2.05, 4.69) is 4.98 Å². The zero-order valence-electron chi connectivity index (χ0n) is 12.1. The number of rotatable bonds is 3. The summed E-state index contributed by atoms with van der Waals surface area (Å²) in [7, 11) is -4.33. The minimum absolute atomic E-state index is 0.257. The third-order valence-corrected chi connectivity index (χ3v) is 4.68. The van der Waals surface area contributed by atoms with Crippen molar-refractivity contribution in [3.05, 3.63) is 53.6 Å². The van der Waals surface area contributed by atoms with Crippen molar-refractivity contribution >= 4 is 15.8 Å². The maximum absolute atomic E-state index is 13.2. The van der Waals surface area contributed by atoms with Gasteiger partial charge in [0.25, 0.3) is 10.1 Å². The zero-order chi connectivity index (χ0) is 16.6. The summed E-state index contributed by atoms with van der Waals surface area (Å²) in [5.74, 6) is -0.568. The number of nitrogens with zero attached hydrogens (tertiary/aromatic N) is 2. The van der Waals surface area contributed by atoms with Crippen LogP contribution in [-0.2, 0) is 16.7 Å². The summed E-state index contributed by atoms with van der Waals surface area (Å²) >= 11 is 0. The molecule has 0 radical (unpaired) electrons. The molecule has 1 atom stereocenters. The van der Waals surface area contributed by atoms with E-state index in [0.29, 0.717) is 30.8 Å². The van der Waals surface area contributed by atoms with E-state index < -0.39 is 22.2 Å². The normalized spacial score (nSPS) is 17.9. The van der Waals surface area contributed by atoms with Crippen LogP contribution in [0.25, 0.3) is 0 Å². The zero-order valence-corrected chi connectivity index (χ0v) is 12.9. The van der Waals surface area contributed by atoms with Gasteiger partial charge in [-0.3, -0.25) is 4.55 Å². The summed E-state index contributed by atoms with van der Waals surface area (Å²) in [4.78, 5) is 5.17. The molecule has 6 nitrogen and oxygen atoms in total. The van der Waals surface area contributed by atoms with Gasteiger partial charge in [0.1, 0.15) is 0 Å². The molecule has 23 heavy (non-hydrogen) atoms. The number of aliphatic hydroxyl groups is 1. The van der Waals surface area contributed by atoms with Crippen LogP contribution in [0.4, 0.5) is 10.1 Å². The molecule has 0 fully saturated rings. The average Bonchev–Trinajstić information content (AvgIpc) is 2.49. The Morgan fingerprint density at radius 3 is 2.78 bits per heavy atom. The third kappa shape index (κ3) is 3.34. The number of aliphatic hydroxyl groups excluding tert-OH is 1. The first-order chi connectivity index (χ1) is 10.8. The lowest BCUT2D eigenvalue weighted by Gasteiger charge is -2.34. The summed E-state index contributed by atoms with van der Waals surface area (Å²) in [6.07, 6.45) is 0.985. The summed E-state index contributed by atoms with van der Waals surface area (Å²) in [6, 6.07) is 7.12. The number of fused-ring (bicyclic) bond motifs is 1. The van der Waals surface area contributed by atoms with E-state index >= 15 is 0 Å². The molecule has 0 amide bonds. The molecule has 0 aliphatic carbocycles. The van der Waals surface area contributed by atoms with Gasteiger partial charge in [-0.2, -0.15) is 12.8 Å². The van der Waals surface area contributed by atoms with E-state index in [-0.39, 0.29) is 4.90 Å². The molecule has 0 saturated heterocycles. The maximum Gasteiger partial charge on any atom is 0.294 e. The van der Waals surface area contributed by atoms with Crippen molar-refractivity contribution in [1.82, 2.24) is 4.98 Å². The molecule has 0 spiro atoms. The molecular weight excluding hydrogens is 323 g/mol. The topological polar surface area (TPSA) is 90.7 Å². The van der Waals surface area contributed by atoms with Gasteiger partial charge in [0.2, 0.25) is 5.95 Å². The maximum atomic E-state index is 13.2. The first-order valence-corrected chi connectivity index (χ1v) is 8.43. The highest BCUT2D eigenvalue weighted by Crippen LogP contribution is 2.36. The molecule has 1 aromatic heterocycles. The van der Waals surface area contributed by atoms with Crippen molar-refractivity contribution in [2.45, 2.75) is 24.0 Å².